The summed E-state index contributed by atoms with van der Waals surface area (Å²) < 4.78 is 27.7. The Kier molecular flexibility index (Phi) is 6.71. The van der Waals surface area contributed by atoms with E-state index < -0.39 is 10.0 Å². The summed E-state index contributed by atoms with van der Waals surface area (Å²) in [5.41, 5.74) is 5.30. The number of aromatic nitrogens is 1. The summed E-state index contributed by atoms with van der Waals surface area (Å²) in [6, 6.07) is 14.3. The van der Waals surface area contributed by atoms with Crippen LogP contribution in [0.15, 0.2) is 63.9 Å². The molecule has 6 nitrogen and oxygen atoms in total. The highest BCUT2D eigenvalue weighted by Crippen LogP contribution is 2.29. The molecule has 0 radical (unpaired) electrons. The minimum absolute atomic E-state index is 0.308. The fourth-order valence-electron chi connectivity index (χ4n) is 3.36. The van der Waals surface area contributed by atoms with Crippen molar-refractivity contribution in [3.05, 3.63) is 64.5 Å². The first-order chi connectivity index (χ1) is 14.9. The van der Waals surface area contributed by atoms with Crippen molar-refractivity contribution in [1.82, 2.24) is 9.29 Å². The van der Waals surface area contributed by atoms with Crippen LogP contribution in [0.25, 0.3) is 11.3 Å². The summed E-state index contributed by atoms with van der Waals surface area (Å²) in [5, 5.41) is 7.38. The number of thiazole rings is 1. The van der Waals surface area contributed by atoms with Crippen LogP contribution in [0, 0.1) is 5.92 Å². The average Bonchev–Trinajstić information content (AvgIpc) is 3.25. The molecule has 1 aliphatic heterocycles. The predicted octanol–water partition coefficient (Wildman–Crippen LogP) is 5.33. The van der Waals surface area contributed by atoms with E-state index in [4.69, 9.17) is 11.6 Å². The third-order valence-corrected chi connectivity index (χ3v) is 8.15. The van der Waals surface area contributed by atoms with Gasteiger partial charge in [0, 0.05) is 29.1 Å². The predicted molar refractivity (Wildman–Crippen MR) is 127 cm³/mol. The van der Waals surface area contributed by atoms with Crippen LogP contribution in [0.5, 0.6) is 0 Å². The highest BCUT2D eigenvalue weighted by molar-refractivity contribution is 7.89. The molecular weight excluding hydrogens is 452 g/mol. The van der Waals surface area contributed by atoms with E-state index in [1.807, 2.05) is 23.6 Å². The maximum absolute atomic E-state index is 13.0. The lowest BCUT2D eigenvalue weighted by atomic mass is 10.0. The van der Waals surface area contributed by atoms with Crippen molar-refractivity contribution in [3.63, 3.8) is 0 Å². The average molecular weight is 475 g/mol. The van der Waals surface area contributed by atoms with Gasteiger partial charge in [-0.15, -0.1) is 11.3 Å². The van der Waals surface area contributed by atoms with Gasteiger partial charge in [-0.3, -0.25) is 5.43 Å². The molecule has 0 atom stereocenters. The molecule has 0 aliphatic carbocycles. The smallest absolute Gasteiger partial charge is 0.243 e. The summed E-state index contributed by atoms with van der Waals surface area (Å²) in [4.78, 5) is 4.84. The second-order valence-electron chi connectivity index (χ2n) is 7.57. The third kappa shape index (κ3) is 5.33. The number of hydrazone groups is 1. The Hall–Kier alpha value is -2.26. The molecule has 3 aromatic rings. The molecule has 0 amide bonds. The van der Waals surface area contributed by atoms with Crippen molar-refractivity contribution >= 4 is 44.3 Å². The van der Waals surface area contributed by atoms with E-state index in [0.717, 1.165) is 24.0 Å². The fourth-order valence-corrected chi connectivity index (χ4v) is 5.67. The van der Waals surface area contributed by atoms with Gasteiger partial charge in [0.05, 0.1) is 16.8 Å². The Morgan fingerprint density at radius 2 is 1.94 bits per heavy atom. The Morgan fingerprint density at radius 3 is 2.68 bits per heavy atom. The van der Waals surface area contributed by atoms with E-state index in [9.17, 15) is 8.42 Å². The van der Waals surface area contributed by atoms with Crippen LogP contribution < -0.4 is 5.43 Å². The lowest BCUT2D eigenvalue weighted by molar-refractivity contribution is 0.288. The van der Waals surface area contributed by atoms with E-state index in [1.165, 1.54) is 11.3 Å². The lowest BCUT2D eigenvalue weighted by Gasteiger charge is -2.29. The molecule has 1 N–H and O–H groups in total. The topological polar surface area (TPSA) is 74.7 Å². The van der Waals surface area contributed by atoms with Gasteiger partial charge in [-0.2, -0.15) is 9.41 Å². The van der Waals surface area contributed by atoms with Crippen LogP contribution >= 0.6 is 22.9 Å². The Morgan fingerprint density at radius 1 is 1.19 bits per heavy atom. The molecular formula is C22H23ClN4O2S2. The molecule has 1 fully saturated rings. The lowest BCUT2D eigenvalue weighted by Crippen LogP contribution is -2.37. The third-order valence-electron chi connectivity index (χ3n) is 5.26. The van der Waals surface area contributed by atoms with Gasteiger partial charge in [-0.05, 0) is 48.6 Å². The van der Waals surface area contributed by atoms with Gasteiger partial charge in [0.25, 0.3) is 0 Å². The quantitative estimate of drug-likeness (QED) is 0.387. The van der Waals surface area contributed by atoms with Crippen LogP contribution in [0.4, 0.5) is 5.13 Å². The standard InChI is InChI=1S/C22H23ClN4O2S2/c1-16-9-11-27(12-10-16)31(28,29)20-4-2-3-18(13-20)21-15-30-22(25-21)26-24-14-17-5-7-19(23)8-6-17/h2-8,13-16H,9-12H2,1H3,(H,25,26). The molecule has 0 unspecified atom stereocenters. The first-order valence-electron chi connectivity index (χ1n) is 10.0. The summed E-state index contributed by atoms with van der Waals surface area (Å²) in [6.45, 7) is 3.31. The summed E-state index contributed by atoms with van der Waals surface area (Å²) in [5.74, 6) is 0.570. The highest BCUT2D eigenvalue weighted by atomic mass is 35.5. The first kappa shape index (κ1) is 22.0. The molecule has 0 spiro atoms. The number of sulfonamides is 1. The SMILES string of the molecule is CC1CCN(S(=O)(=O)c2cccc(-c3csc(NN=Cc4ccc(Cl)cc4)n3)c2)CC1. The Labute approximate surface area is 191 Å². The molecule has 2 aromatic carbocycles. The number of rotatable bonds is 6. The molecule has 1 aromatic heterocycles. The van der Waals surface area contributed by atoms with E-state index in [1.54, 1.807) is 40.9 Å². The van der Waals surface area contributed by atoms with Crippen molar-refractivity contribution in [2.24, 2.45) is 11.0 Å². The Balaban J connectivity index is 1.47. The number of hydrogen-bond donors (Lipinski definition) is 1. The summed E-state index contributed by atoms with van der Waals surface area (Å²) >= 11 is 7.29. The highest BCUT2D eigenvalue weighted by Gasteiger charge is 2.28. The first-order valence-corrected chi connectivity index (χ1v) is 12.7. The molecule has 0 saturated carbocycles. The van der Waals surface area contributed by atoms with Gasteiger partial charge in [0.15, 0.2) is 0 Å². The molecule has 4 rings (SSSR count). The zero-order valence-electron chi connectivity index (χ0n) is 17.0. The number of nitrogens with zero attached hydrogens (tertiary/aromatic N) is 3. The molecule has 31 heavy (non-hydrogen) atoms. The van der Waals surface area contributed by atoms with Crippen LogP contribution in [-0.2, 0) is 10.0 Å². The Bertz CT molecular complexity index is 1170. The summed E-state index contributed by atoms with van der Waals surface area (Å²) in [6.07, 6.45) is 3.48. The monoisotopic (exact) mass is 474 g/mol. The molecule has 1 saturated heterocycles. The van der Waals surface area contributed by atoms with E-state index in [0.29, 0.717) is 39.8 Å². The number of anilines is 1. The van der Waals surface area contributed by atoms with Gasteiger partial charge in [0.1, 0.15) is 0 Å². The van der Waals surface area contributed by atoms with Crippen molar-refractivity contribution in [2.45, 2.75) is 24.7 Å². The zero-order valence-corrected chi connectivity index (χ0v) is 19.4. The molecule has 0 bridgehead atoms. The van der Waals surface area contributed by atoms with Crippen molar-refractivity contribution in [3.8, 4) is 11.3 Å². The minimum Gasteiger partial charge on any atom is -0.253 e. The molecule has 162 valence electrons. The van der Waals surface area contributed by atoms with E-state index in [-0.39, 0.29) is 0 Å². The van der Waals surface area contributed by atoms with E-state index >= 15 is 0 Å². The summed E-state index contributed by atoms with van der Waals surface area (Å²) in [7, 11) is -3.50. The van der Waals surface area contributed by atoms with Crippen molar-refractivity contribution in [2.75, 3.05) is 18.5 Å². The largest absolute Gasteiger partial charge is 0.253 e. The molecule has 1 aliphatic rings. The molecule has 9 heteroatoms. The number of nitrogens with one attached hydrogen (secondary N) is 1. The van der Waals surface area contributed by atoms with Gasteiger partial charge >= 0.3 is 0 Å². The van der Waals surface area contributed by atoms with E-state index in [2.05, 4.69) is 22.4 Å². The maximum atomic E-state index is 13.0. The number of piperidine rings is 1. The van der Waals surface area contributed by atoms with Gasteiger partial charge < -0.3 is 0 Å². The van der Waals surface area contributed by atoms with Crippen LogP contribution in [0.2, 0.25) is 5.02 Å². The zero-order chi connectivity index (χ0) is 21.8. The second-order valence-corrected chi connectivity index (χ2v) is 10.8. The van der Waals surface area contributed by atoms with Crippen molar-refractivity contribution < 1.29 is 8.42 Å². The number of benzene rings is 2. The van der Waals surface area contributed by atoms with Crippen molar-refractivity contribution in [1.29, 1.82) is 0 Å². The van der Waals surface area contributed by atoms with Gasteiger partial charge in [0.2, 0.25) is 15.2 Å². The van der Waals surface area contributed by atoms with Gasteiger partial charge in [-0.1, -0.05) is 42.8 Å². The van der Waals surface area contributed by atoms with Crippen LogP contribution in [0.1, 0.15) is 25.3 Å². The van der Waals surface area contributed by atoms with Gasteiger partial charge in [-0.25, -0.2) is 13.4 Å². The van der Waals surface area contributed by atoms with Crippen LogP contribution in [0.3, 0.4) is 0 Å². The maximum Gasteiger partial charge on any atom is 0.243 e. The normalized spacial score (nSPS) is 16.1. The second kappa shape index (κ2) is 9.48. The number of halogens is 1. The molecule has 2 heterocycles. The fraction of sp³-hybridized carbons (Fsp3) is 0.273. The van der Waals surface area contributed by atoms with Crippen LogP contribution in [-0.4, -0.2) is 37.0 Å². The number of hydrogen-bond acceptors (Lipinski definition) is 6. The minimum atomic E-state index is -3.50.